The Morgan fingerprint density at radius 3 is 2.45 bits per heavy atom. The van der Waals surface area contributed by atoms with Gasteiger partial charge in [-0.1, -0.05) is 42.5 Å². The summed E-state index contributed by atoms with van der Waals surface area (Å²) in [6, 6.07) is 22.6. The van der Waals surface area contributed by atoms with Crippen molar-refractivity contribution in [3.8, 4) is 11.5 Å². The second kappa shape index (κ2) is 10.6. The van der Waals surface area contributed by atoms with E-state index in [1.807, 2.05) is 30.3 Å². The number of ketones is 1. The first-order valence-electron chi connectivity index (χ1n) is 11.9. The maximum atomic E-state index is 14.1. The first-order valence-corrected chi connectivity index (χ1v) is 11.9. The number of aliphatic hydroxyl groups is 1. The third kappa shape index (κ3) is 4.88. The average Bonchev–Trinajstić information content (AvgIpc) is 3.55. The lowest BCUT2D eigenvalue weighted by Crippen LogP contribution is -2.29. The Morgan fingerprint density at radius 2 is 1.76 bits per heavy atom. The molecule has 0 saturated carbocycles. The average molecular weight is 514 g/mol. The normalized spacial score (nSPS) is 16.6. The minimum absolute atomic E-state index is 0.00837. The number of rotatable bonds is 8. The highest BCUT2D eigenvalue weighted by Gasteiger charge is 2.46. The Labute approximate surface area is 218 Å². The van der Waals surface area contributed by atoms with Crippen LogP contribution in [0.5, 0.6) is 11.5 Å². The highest BCUT2D eigenvalue weighted by molar-refractivity contribution is 6.46. The van der Waals surface area contributed by atoms with Crippen molar-refractivity contribution in [2.24, 2.45) is 0 Å². The molecule has 1 N–H and O–H groups in total. The van der Waals surface area contributed by atoms with Crippen LogP contribution in [0.4, 0.5) is 4.39 Å². The summed E-state index contributed by atoms with van der Waals surface area (Å²) in [7, 11) is 1.37. The molecule has 0 aliphatic carbocycles. The first-order chi connectivity index (χ1) is 18.5. The van der Waals surface area contributed by atoms with Gasteiger partial charge in [-0.15, -0.1) is 0 Å². The van der Waals surface area contributed by atoms with E-state index in [-0.39, 0.29) is 23.4 Å². The summed E-state index contributed by atoms with van der Waals surface area (Å²) in [6.45, 7) is 0.363. The maximum Gasteiger partial charge on any atom is 0.296 e. The molecule has 1 unspecified atom stereocenters. The SMILES string of the molecule is COc1ccc(F)cc1/C(O)=C1\C(=O)C(=O)N(Cc2ccco2)C1c1ccc(OCc2ccccc2)cc1. The van der Waals surface area contributed by atoms with Crippen LogP contribution in [0.3, 0.4) is 0 Å². The van der Waals surface area contributed by atoms with Crippen molar-refractivity contribution in [3.63, 3.8) is 0 Å². The van der Waals surface area contributed by atoms with E-state index < -0.39 is 29.3 Å². The van der Waals surface area contributed by atoms with Crippen molar-refractivity contribution in [1.29, 1.82) is 0 Å². The molecule has 1 aliphatic rings. The van der Waals surface area contributed by atoms with Gasteiger partial charge < -0.3 is 23.9 Å². The van der Waals surface area contributed by atoms with Crippen molar-refractivity contribution in [2.75, 3.05) is 7.11 Å². The second-order valence-electron chi connectivity index (χ2n) is 8.69. The van der Waals surface area contributed by atoms with Crippen molar-refractivity contribution in [1.82, 2.24) is 4.90 Å². The molecule has 1 atom stereocenters. The Bertz CT molecular complexity index is 1480. The number of benzene rings is 3. The number of halogens is 1. The van der Waals surface area contributed by atoms with Gasteiger partial charge in [-0.05, 0) is 53.6 Å². The largest absolute Gasteiger partial charge is 0.507 e. The quantitative estimate of drug-likeness (QED) is 0.187. The Morgan fingerprint density at radius 1 is 1.00 bits per heavy atom. The molecule has 2 heterocycles. The third-order valence-electron chi connectivity index (χ3n) is 6.31. The van der Waals surface area contributed by atoms with Gasteiger partial charge in [0.2, 0.25) is 0 Å². The molecule has 4 aromatic rings. The van der Waals surface area contributed by atoms with Gasteiger partial charge in [0.1, 0.15) is 35.4 Å². The van der Waals surface area contributed by atoms with Crippen LogP contribution in [0.1, 0.15) is 28.5 Å². The molecule has 1 fully saturated rings. The molecular weight excluding hydrogens is 489 g/mol. The summed E-state index contributed by atoms with van der Waals surface area (Å²) < 4.78 is 30.7. The maximum absolute atomic E-state index is 14.1. The molecule has 5 rings (SSSR count). The van der Waals surface area contributed by atoms with E-state index in [2.05, 4.69) is 0 Å². The molecule has 1 amide bonds. The van der Waals surface area contributed by atoms with E-state index in [9.17, 15) is 19.1 Å². The number of nitrogens with zero attached hydrogens (tertiary/aromatic N) is 1. The van der Waals surface area contributed by atoms with E-state index in [0.29, 0.717) is 23.7 Å². The standard InChI is InChI=1S/C30H24FNO6/c1-36-25-14-11-21(31)16-24(25)28(33)26-27(32(30(35)29(26)34)17-23-8-5-15-37-23)20-9-12-22(13-10-20)38-18-19-6-3-2-4-7-19/h2-16,27,33H,17-18H2,1H3/b28-26+. The smallest absolute Gasteiger partial charge is 0.296 e. The van der Waals surface area contributed by atoms with Crippen molar-refractivity contribution in [2.45, 2.75) is 19.2 Å². The van der Waals surface area contributed by atoms with Crippen LogP contribution in [0.15, 0.2) is 101 Å². The number of methoxy groups -OCH3 is 1. The molecule has 8 heteroatoms. The summed E-state index contributed by atoms with van der Waals surface area (Å²) in [6.07, 6.45) is 1.47. The fourth-order valence-corrected chi connectivity index (χ4v) is 4.46. The molecule has 1 aromatic heterocycles. The van der Waals surface area contributed by atoms with Gasteiger partial charge >= 0.3 is 0 Å². The summed E-state index contributed by atoms with van der Waals surface area (Å²) >= 11 is 0. The van der Waals surface area contributed by atoms with Crippen LogP contribution in [0.25, 0.3) is 5.76 Å². The minimum atomic E-state index is -0.962. The molecule has 1 aliphatic heterocycles. The highest BCUT2D eigenvalue weighted by Crippen LogP contribution is 2.42. The van der Waals surface area contributed by atoms with Gasteiger partial charge in [0.15, 0.2) is 0 Å². The van der Waals surface area contributed by atoms with Gasteiger partial charge in [0.05, 0.1) is 37.1 Å². The summed E-state index contributed by atoms with van der Waals surface area (Å²) in [5.41, 5.74) is 1.35. The highest BCUT2D eigenvalue weighted by atomic mass is 19.1. The Hall–Kier alpha value is -4.85. The molecule has 0 radical (unpaired) electrons. The van der Waals surface area contributed by atoms with Crippen molar-refractivity contribution in [3.05, 3.63) is 125 Å². The first kappa shape index (κ1) is 24.8. The zero-order chi connectivity index (χ0) is 26.6. The van der Waals surface area contributed by atoms with E-state index >= 15 is 0 Å². The van der Waals surface area contributed by atoms with Crippen molar-refractivity contribution < 1.29 is 33.0 Å². The molecule has 7 nitrogen and oxygen atoms in total. The lowest BCUT2D eigenvalue weighted by Gasteiger charge is -2.25. The molecule has 3 aromatic carbocycles. The van der Waals surface area contributed by atoms with E-state index in [1.54, 1.807) is 36.4 Å². The van der Waals surface area contributed by atoms with Crippen LogP contribution < -0.4 is 9.47 Å². The summed E-state index contributed by atoms with van der Waals surface area (Å²) in [4.78, 5) is 27.7. The second-order valence-corrected chi connectivity index (χ2v) is 8.69. The summed E-state index contributed by atoms with van der Waals surface area (Å²) in [5, 5.41) is 11.3. The zero-order valence-electron chi connectivity index (χ0n) is 20.5. The number of likely N-dealkylation sites (tertiary alicyclic amines) is 1. The van der Waals surface area contributed by atoms with Gasteiger partial charge in [0, 0.05) is 0 Å². The van der Waals surface area contributed by atoms with Crippen LogP contribution in [0, 0.1) is 5.82 Å². The molecular formula is C30H24FNO6. The van der Waals surface area contributed by atoms with E-state index in [0.717, 1.165) is 11.6 Å². The van der Waals surface area contributed by atoms with Crippen LogP contribution >= 0.6 is 0 Å². The van der Waals surface area contributed by atoms with Crippen LogP contribution in [-0.2, 0) is 22.7 Å². The van der Waals surface area contributed by atoms with E-state index in [1.165, 1.54) is 30.4 Å². The van der Waals surface area contributed by atoms with Crippen LogP contribution in [-0.4, -0.2) is 28.8 Å². The number of hydrogen-bond acceptors (Lipinski definition) is 6. The molecule has 1 saturated heterocycles. The van der Waals surface area contributed by atoms with Crippen molar-refractivity contribution >= 4 is 17.4 Å². The minimum Gasteiger partial charge on any atom is -0.507 e. The topological polar surface area (TPSA) is 89.2 Å². The van der Waals surface area contributed by atoms with Gasteiger partial charge in [0.25, 0.3) is 11.7 Å². The molecule has 38 heavy (non-hydrogen) atoms. The van der Waals surface area contributed by atoms with E-state index in [4.69, 9.17) is 13.9 Å². The Kier molecular flexibility index (Phi) is 6.95. The third-order valence-corrected chi connectivity index (χ3v) is 6.31. The Balaban J connectivity index is 1.54. The fourth-order valence-electron chi connectivity index (χ4n) is 4.46. The van der Waals surface area contributed by atoms with Gasteiger partial charge in [-0.25, -0.2) is 4.39 Å². The lowest BCUT2D eigenvalue weighted by molar-refractivity contribution is -0.140. The number of ether oxygens (including phenoxy) is 2. The van der Waals surface area contributed by atoms with Crippen LogP contribution in [0.2, 0.25) is 0 Å². The van der Waals surface area contributed by atoms with Gasteiger partial charge in [-0.2, -0.15) is 0 Å². The number of furan rings is 1. The number of Topliss-reactive ketones (excluding diaryl/α,β-unsaturated/α-hetero) is 1. The molecule has 192 valence electrons. The number of carbonyl (C=O) groups excluding carboxylic acids is 2. The fraction of sp³-hybridized carbons (Fsp3) is 0.133. The monoisotopic (exact) mass is 513 g/mol. The number of amides is 1. The zero-order valence-corrected chi connectivity index (χ0v) is 20.5. The number of carbonyl (C=O) groups is 2. The lowest BCUT2D eigenvalue weighted by atomic mass is 9.95. The predicted molar refractivity (Wildman–Crippen MR) is 137 cm³/mol. The number of hydrogen-bond donors (Lipinski definition) is 1. The predicted octanol–water partition coefficient (Wildman–Crippen LogP) is 5.63. The number of aliphatic hydroxyl groups excluding tert-OH is 1. The molecule has 0 bridgehead atoms. The molecule has 0 spiro atoms. The summed E-state index contributed by atoms with van der Waals surface area (Å²) in [5.74, 6) is -1.66. The van der Waals surface area contributed by atoms with Gasteiger partial charge in [-0.3, -0.25) is 9.59 Å².